The van der Waals surface area contributed by atoms with Crippen molar-refractivity contribution in [1.82, 2.24) is 24.5 Å². The number of aliphatic hydroxyl groups is 1. The van der Waals surface area contributed by atoms with Crippen LogP contribution in [0, 0.1) is 0 Å². The average Bonchev–Trinajstić information content (AvgIpc) is 3.18. The van der Waals surface area contributed by atoms with E-state index in [0.29, 0.717) is 6.54 Å². The summed E-state index contributed by atoms with van der Waals surface area (Å²) in [5.74, 6) is 1.52. The topological polar surface area (TPSA) is 66.2 Å². The quantitative estimate of drug-likeness (QED) is 0.577. The summed E-state index contributed by atoms with van der Waals surface area (Å²) in [6.45, 7) is 9.58. The minimum atomic E-state index is -0.528. The molecule has 0 amide bonds. The molecule has 1 aliphatic heterocycles. The molecule has 0 radical (unpaired) electrons. The van der Waals surface area contributed by atoms with Gasteiger partial charge in [-0.3, -0.25) is 14.5 Å². The number of hydrogen-bond acceptors (Lipinski definition) is 7. The zero-order valence-electron chi connectivity index (χ0n) is 19.3. The fourth-order valence-electron chi connectivity index (χ4n) is 3.83. The van der Waals surface area contributed by atoms with E-state index in [2.05, 4.69) is 33.8 Å². The molecule has 0 spiro atoms. The lowest BCUT2D eigenvalue weighted by atomic mass is 10.1. The fourth-order valence-corrected chi connectivity index (χ4v) is 3.83. The minimum absolute atomic E-state index is 0.265. The SMILES string of the molecule is CCN(Cc1cnn(C)c1)Cc1ccc(OC)cc1OC[C@H](O)CN1CCN(C)CC1. The summed E-state index contributed by atoms with van der Waals surface area (Å²) < 4.78 is 13.3. The molecule has 172 valence electrons. The third-order valence-electron chi connectivity index (χ3n) is 5.78. The molecule has 31 heavy (non-hydrogen) atoms. The molecule has 0 saturated carbocycles. The zero-order valence-corrected chi connectivity index (χ0v) is 19.3. The smallest absolute Gasteiger partial charge is 0.127 e. The third-order valence-corrected chi connectivity index (χ3v) is 5.78. The number of β-amino-alcohol motifs (C(OH)–C–C–N with tert-alkyl or cyclic N) is 1. The Morgan fingerprint density at radius 1 is 1.16 bits per heavy atom. The van der Waals surface area contributed by atoms with E-state index in [4.69, 9.17) is 9.47 Å². The van der Waals surface area contributed by atoms with Gasteiger partial charge in [-0.1, -0.05) is 13.0 Å². The number of hydrogen-bond donors (Lipinski definition) is 1. The predicted octanol–water partition coefficient (Wildman–Crippen LogP) is 1.44. The van der Waals surface area contributed by atoms with Crippen LogP contribution in [0.4, 0.5) is 0 Å². The van der Waals surface area contributed by atoms with Crippen LogP contribution >= 0.6 is 0 Å². The molecule has 0 bridgehead atoms. The molecule has 2 heterocycles. The summed E-state index contributed by atoms with van der Waals surface area (Å²) in [6, 6.07) is 5.92. The number of benzene rings is 1. The first-order valence-electron chi connectivity index (χ1n) is 11.1. The van der Waals surface area contributed by atoms with E-state index in [9.17, 15) is 5.11 Å². The Labute approximate surface area is 185 Å². The molecule has 3 rings (SSSR count). The largest absolute Gasteiger partial charge is 0.497 e. The second-order valence-corrected chi connectivity index (χ2v) is 8.37. The highest BCUT2D eigenvalue weighted by Crippen LogP contribution is 2.27. The molecular formula is C23H37N5O3. The van der Waals surface area contributed by atoms with Crippen molar-refractivity contribution in [1.29, 1.82) is 0 Å². The molecule has 1 saturated heterocycles. The van der Waals surface area contributed by atoms with Crippen LogP contribution in [0.15, 0.2) is 30.6 Å². The highest BCUT2D eigenvalue weighted by molar-refractivity contribution is 5.40. The number of methoxy groups -OCH3 is 1. The number of nitrogens with zero attached hydrogens (tertiary/aromatic N) is 5. The van der Waals surface area contributed by atoms with Gasteiger partial charge in [-0.15, -0.1) is 0 Å². The summed E-state index contributed by atoms with van der Waals surface area (Å²) >= 11 is 0. The number of piperazine rings is 1. The monoisotopic (exact) mass is 431 g/mol. The first-order chi connectivity index (χ1) is 15.0. The molecule has 1 aromatic carbocycles. The van der Waals surface area contributed by atoms with Gasteiger partial charge in [-0.25, -0.2) is 0 Å². The Morgan fingerprint density at radius 3 is 2.58 bits per heavy atom. The van der Waals surface area contributed by atoms with Gasteiger partial charge in [0.25, 0.3) is 0 Å². The van der Waals surface area contributed by atoms with Crippen LogP contribution in [0.25, 0.3) is 0 Å². The number of aromatic nitrogens is 2. The summed E-state index contributed by atoms with van der Waals surface area (Å²) in [5, 5.41) is 14.8. The highest BCUT2D eigenvalue weighted by Gasteiger charge is 2.18. The lowest BCUT2D eigenvalue weighted by Crippen LogP contribution is -2.47. The van der Waals surface area contributed by atoms with E-state index in [1.54, 1.807) is 7.11 Å². The van der Waals surface area contributed by atoms with Gasteiger partial charge in [0.15, 0.2) is 0 Å². The summed E-state index contributed by atoms with van der Waals surface area (Å²) in [5.41, 5.74) is 2.27. The van der Waals surface area contributed by atoms with Gasteiger partial charge in [0.05, 0.1) is 13.3 Å². The van der Waals surface area contributed by atoms with Crippen molar-refractivity contribution in [2.75, 3.05) is 60.0 Å². The molecule has 1 aliphatic rings. The molecule has 1 atom stereocenters. The van der Waals surface area contributed by atoms with Crippen molar-refractivity contribution >= 4 is 0 Å². The van der Waals surface area contributed by atoms with Crippen molar-refractivity contribution in [2.45, 2.75) is 26.1 Å². The van der Waals surface area contributed by atoms with Gasteiger partial charge in [-0.2, -0.15) is 5.10 Å². The van der Waals surface area contributed by atoms with Crippen LogP contribution in [-0.2, 0) is 20.1 Å². The Balaban J connectivity index is 1.60. The van der Waals surface area contributed by atoms with E-state index >= 15 is 0 Å². The van der Waals surface area contributed by atoms with Gasteiger partial charge >= 0.3 is 0 Å². The van der Waals surface area contributed by atoms with E-state index in [0.717, 1.165) is 62.9 Å². The number of rotatable bonds is 11. The summed E-state index contributed by atoms with van der Waals surface area (Å²) in [4.78, 5) is 6.95. The van der Waals surface area contributed by atoms with Gasteiger partial charge in [0.1, 0.15) is 24.2 Å². The third kappa shape index (κ3) is 7.21. The van der Waals surface area contributed by atoms with Crippen molar-refractivity contribution in [3.05, 3.63) is 41.7 Å². The number of likely N-dealkylation sites (N-methyl/N-ethyl adjacent to an activating group) is 1. The molecule has 0 aliphatic carbocycles. The zero-order chi connectivity index (χ0) is 22.2. The molecule has 2 aromatic rings. The molecular weight excluding hydrogens is 394 g/mol. The highest BCUT2D eigenvalue weighted by atomic mass is 16.5. The lowest BCUT2D eigenvalue weighted by molar-refractivity contribution is 0.0499. The number of ether oxygens (including phenoxy) is 2. The van der Waals surface area contributed by atoms with Crippen LogP contribution < -0.4 is 9.47 Å². The second kappa shape index (κ2) is 11.5. The molecule has 0 unspecified atom stereocenters. The van der Waals surface area contributed by atoms with Crippen LogP contribution in [-0.4, -0.2) is 95.7 Å². The Morgan fingerprint density at radius 2 is 1.94 bits per heavy atom. The first kappa shape index (κ1) is 23.5. The van der Waals surface area contributed by atoms with Crippen molar-refractivity contribution < 1.29 is 14.6 Å². The van der Waals surface area contributed by atoms with Crippen LogP contribution in [0.1, 0.15) is 18.1 Å². The van der Waals surface area contributed by atoms with Gasteiger partial charge in [0, 0.05) is 76.3 Å². The van der Waals surface area contributed by atoms with Gasteiger partial charge < -0.3 is 19.5 Å². The minimum Gasteiger partial charge on any atom is -0.497 e. The van der Waals surface area contributed by atoms with E-state index in [1.807, 2.05) is 42.3 Å². The first-order valence-corrected chi connectivity index (χ1v) is 11.1. The Kier molecular flexibility index (Phi) is 8.71. The van der Waals surface area contributed by atoms with Gasteiger partial charge in [0.2, 0.25) is 0 Å². The van der Waals surface area contributed by atoms with E-state index in [-0.39, 0.29) is 6.61 Å². The molecule has 1 aromatic heterocycles. The Bertz CT molecular complexity index is 804. The fraction of sp³-hybridized carbons (Fsp3) is 0.609. The van der Waals surface area contributed by atoms with Crippen molar-refractivity contribution in [2.24, 2.45) is 7.05 Å². The normalized spacial score (nSPS) is 16.6. The van der Waals surface area contributed by atoms with Crippen LogP contribution in [0.5, 0.6) is 11.5 Å². The average molecular weight is 432 g/mol. The Hall–Kier alpha value is -2.13. The van der Waals surface area contributed by atoms with E-state index in [1.165, 1.54) is 5.56 Å². The summed E-state index contributed by atoms with van der Waals surface area (Å²) in [6.07, 6.45) is 3.42. The lowest BCUT2D eigenvalue weighted by Gasteiger charge is -2.33. The van der Waals surface area contributed by atoms with E-state index < -0.39 is 6.10 Å². The summed E-state index contributed by atoms with van der Waals surface area (Å²) in [7, 11) is 5.72. The van der Waals surface area contributed by atoms with Gasteiger partial charge in [-0.05, 0) is 19.7 Å². The molecule has 8 heteroatoms. The van der Waals surface area contributed by atoms with Crippen molar-refractivity contribution in [3.63, 3.8) is 0 Å². The maximum absolute atomic E-state index is 10.5. The van der Waals surface area contributed by atoms with Crippen LogP contribution in [0.3, 0.4) is 0 Å². The maximum atomic E-state index is 10.5. The maximum Gasteiger partial charge on any atom is 0.127 e. The standard InChI is InChI=1S/C23H37N5O3/c1-5-27(15-19-13-24-26(3)14-19)16-20-6-7-22(30-4)12-23(20)31-18-21(29)17-28-10-8-25(2)9-11-28/h6-7,12-14,21,29H,5,8-11,15-18H2,1-4H3/t21-/m1/s1. The van der Waals surface area contributed by atoms with Crippen molar-refractivity contribution in [3.8, 4) is 11.5 Å². The molecule has 8 nitrogen and oxygen atoms in total. The number of aryl methyl sites for hydroxylation is 1. The van der Waals surface area contributed by atoms with Crippen LogP contribution in [0.2, 0.25) is 0 Å². The molecule has 1 N–H and O–H groups in total. The molecule has 1 fully saturated rings. The predicted molar refractivity (Wildman–Crippen MR) is 121 cm³/mol. The second-order valence-electron chi connectivity index (χ2n) is 8.37. The number of aliphatic hydroxyl groups excluding tert-OH is 1.